The summed E-state index contributed by atoms with van der Waals surface area (Å²) in [5.41, 5.74) is 2.16. The van der Waals surface area contributed by atoms with Gasteiger partial charge < -0.3 is 14.8 Å². The first kappa shape index (κ1) is 21.0. The number of nitrogens with zero attached hydrogens (tertiary/aromatic N) is 3. The van der Waals surface area contributed by atoms with Gasteiger partial charge in [-0.1, -0.05) is 20.8 Å². The van der Waals surface area contributed by atoms with Crippen LogP contribution in [0.2, 0.25) is 0 Å². The predicted octanol–water partition coefficient (Wildman–Crippen LogP) is 5.21. The van der Waals surface area contributed by atoms with Crippen molar-refractivity contribution in [3.8, 4) is 11.3 Å². The molecule has 0 spiro atoms. The maximum absolute atomic E-state index is 13.5. The molecule has 1 aromatic heterocycles. The molecule has 1 atom stereocenters. The Morgan fingerprint density at radius 3 is 2.19 bits per heavy atom. The van der Waals surface area contributed by atoms with Gasteiger partial charge in [-0.25, -0.2) is 13.8 Å². The second kappa shape index (κ2) is 8.49. The summed E-state index contributed by atoms with van der Waals surface area (Å²) in [5, 5.41) is 3.34. The second-order valence-electron chi connectivity index (χ2n) is 8.31. The lowest BCUT2D eigenvalue weighted by Gasteiger charge is -2.31. The van der Waals surface area contributed by atoms with Crippen molar-refractivity contribution in [2.45, 2.75) is 33.9 Å². The molecular weight excluding hydrogens is 398 g/mol. The topological polar surface area (TPSA) is 50.2 Å². The zero-order valence-electron chi connectivity index (χ0n) is 17.9. The normalized spacial score (nSPS) is 14.5. The van der Waals surface area contributed by atoms with Gasteiger partial charge >= 0.3 is 0 Å². The fourth-order valence-corrected chi connectivity index (χ4v) is 3.70. The first-order chi connectivity index (χ1) is 14.8. The van der Waals surface area contributed by atoms with E-state index < -0.39 is 0 Å². The van der Waals surface area contributed by atoms with Gasteiger partial charge in [-0.15, -0.1) is 0 Å². The molecule has 4 rings (SSSR count). The summed E-state index contributed by atoms with van der Waals surface area (Å²) in [4.78, 5) is 19.5. The Morgan fingerprint density at radius 2 is 1.58 bits per heavy atom. The third-order valence-electron chi connectivity index (χ3n) is 5.90. The molecule has 0 fully saturated rings. The van der Waals surface area contributed by atoms with E-state index in [1.54, 1.807) is 24.3 Å². The molecule has 0 saturated heterocycles. The summed E-state index contributed by atoms with van der Waals surface area (Å²) in [6.45, 7) is 7.63. The summed E-state index contributed by atoms with van der Waals surface area (Å²) < 4.78 is 28.9. The SMILES string of the molecule is CC(C)C(C)C(=O)N1CCn2c(nc(-c3ccc(F)cc3)c2Nc2ccc(F)cc2)C1. The van der Waals surface area contributed by atoms with Crippen LogP contribution in [-0.4, -0.2) is 26.9 Å². The van der Waals surface area contributed by atoms with Crippen molar-refractivity contribution in [2.24, 2.45) is 11.8 Å². The van der Waals surface area contributed by atoms with E-state index in [0.717, 1.165) is 22.9 Å². The minimum Gasteiger partial charge on any atom is -0.340 e. The molecule has 0 aliphatic carbocycles. The molecule has 1 aliphatic heterocycles. The second-order valence-corrected chi connectivity index (χ2v) is 8.31. The van der Waals surface area contributed by atoms with E-state index >= 15 is 0 Å². The molecule has 1 unspecified atom stereocenters. The number of imidazole rings is 1. The van der Waals surface area contributed by atoms with Gasteiger partial charge in [0.2, 0.25) is 5.91 Å². The van der Waals surface area contributed by atoms with Crippen LogP contribution in [0.25, 0.3) is 11.3 Å². The van der Waals surface area contributed by atoms with Gasteiger partial charge in [-0.05, 0) is 54.4 Å². The highest BCUT2D eigenvalue weighted by atomic mass is 19.1. The Morgan fingerprint density at radius 1 is 0.968 bits per heavy atom. The summed E-state index contributed by atoms with van der Waals surface area (Å²) in [5.74, 6) is 1.21. The molecule has 1 N–H and O–H groups in total. The van der Waals surface area contributed by atoms with E-state index in [1.165, 1.54) is 24.3 Å². The number of benzene rings is 2. The van der Waals surface area contributed by atoms with Crippen molar-refractivity contribution < 1.29 is 13.6 Å². The lowest BCUT2D eigenvalue weighted by Crippen LogP contribution is -2.42. The molecule has 7 heteroatoms. The van der Waals surface area contributed by atoms with Crippen molar-refractivity contribution in [3.63, 3.8) is 0 Å². The van der Waals surface area contributed by atoms with Crippen molar-refractivity contribution in [3.05, 3.63) is 66.0 Å². The number of nitrogens with one attached hydrogen (secondary N) is 1. The lowest BCUT2D eigenvalue weighted by atomic mass is 9.96. The molecule has 3 aromatic rings. The molecular formula is C24H26F2N4O. The number of hydrogen-bond acceptors (Lipinski definition) is 3. The molecule has 0 bridgehead atoms. The number of aromatic nitrogens is 2. The molecule has 162 valence electrons. The Hall–Kier alpha value is -3.22. The molecule has 1 amide bonds. The van der Waals surface area contributed by atoms with E-state index in [-0.39, 0.29) is 29.4 Å². The van der Waals surface area contributed by atoms with Gasteiger partial charge in [0.05, 0.1) is 6.54 Å². The summed E-state index contributed by atoms with van der Waals surface area (Å²) >= 11 is 0. The van der Waals surface area contributed by atoms with Crippen LogP contribution >= 0.6 is 0 Å². The van der Waals surface area contributed by atoms with Crippen molar-refractivity contribution in [2.75, 3.05) is 11.9 Å². The van der Waals surface area contributed by atoms with Gasteiger partial charge in [-0.2, -0.15) is 0 Å². The monoisotopic (exact) mass is 424 g/mol. The van der Waals surface area contributed by atoms with Crippen LogP contribution in [0.1, 0.15) is 26.6 Å². The van der Waals surface area contributed by atoms with Crippen LogP contribution in [0.15, 0.2) is 48.5 Å². The molecule has 0 saturated carbocycles. The molecule has 2 heterocycles. The van der Waals surface area contributed by atoms with Crippen LogP contribution in [0.5, 0.6) is 0 Å². The van der Waals surface area contributed by atoms with Crippen LogP contribution in [0.4, 0.5) is 20.3 Å². The Kier molecular flexibility index (Phi) is 5.76. The molecule has 0 radical (unpaired) electrons. The van der Waals surface area contributed by atoms with Gasteiger partial charge in [0, 0.05) is 30.3 Å². The minimum atomic E-state index is -0.319. The first-order valence-corrected chi connectivity index (χ1v) is 10.5. The van der Waals surface area contributed by atoms with Gasteiger partial charge in [0.1, 0.15) is 29.0 Å². The highest BCUT2D eigenvalue weighted by Crippen LogP contribution is 2.33. The summed E-state index contributed by atoms with van der Waals surface area (Å²) in [6.07, 6.45) is 0. The number of halogens is 2. The van der Waals surface area contributed by atoms with E-state index in [0.29, 0.717) is 25.3 Å². The fraction of sp³-hybridized carbons (Fsp3) is 0.333. The number of anilines is 2. The zero-order chi connectivity index (χ0) is 22.1. The van der Waals surface area contributed by atoms with Crippen molar-refractivity contribution in [1.82, 2.24) is 14.5 Å². The minimum absolute atomic E-state index is 0.0603. The van der Waals surface area contributed by atoms with Crippen LogP contribution in [-0.2, 0) is 17.9 Å². The maximum atomic E-state index is 13.5. The van der Waals surface area contributed by atoms with Crippen molar-refractivity contribution in [1.29, 1.82) is 0 Å². The predicted molar refractivity (Wildman–Crippen MR) is 117 cm³/mol. The fourth-order valence-electron chi connectivity index (χ4n) is 3.70. The van der Waals surface area contributed by atoms with E-state index in [1.807, 2.05) is 30.2 Å². The van der Waals surface area contributed by atoms with Gasteiger partial charge in [-0.3, -0.25) is 4.79 Å². The number of rotatable bonds is 5. The lowest BCUT2D eigenvalue weighted by molar-refractivity contribution is -0.137. The van der Waals surface area contributed by atoms with Gasteiger partial charge in [0.25, 0.3) is 0 Å². The highest BCUT2D eigenvalue weighted by Gasteiger charge is 2.30. The third-order valence-corrected chi connectivity index (χ3v) is 5.90. The standard InChI is InChI=1S/C24H26F2N4O/c1-15(2)16(3)24(31)29-12-13-30-21(14-29)28-22(17-4-6-18(25)7-5-17)23(30)27-20-10-8-19(26)9-11-20/h4-11,15-16,27H,12-14H2,1-3H3. The number of hydrogen-bond donors (Lipinski definition) is 1. The van der Waals surface area contributed by atoms with Crippen LogP contribution in [0, 0.1) is 23.5 Å². The molecule has 2 aromatic carbocycles. The number of fused-ring (bicyclic) bond motifs is 1. The summed E-state index contributed by atoms with van der Waals surface area (Å²) in [6, 6.07) is 12.3. The maximum Gasteiger partial charge on any atom is 0.226 e. The largest absolute Gasteiger partial charge is 0.340 e. The quantitative estimate of drug-likeness (QED) is 0.612. The van der Waals surface area contributed by atoms with Crippen LogP contribution in [0.3, 0.4) is 0 Å². The van der Waals surface area contributed by atoms with E-state index in [4.69, 9.17) is 4.98 Å². The number of carbonyl (C=O) groups excluding carboxylic acids is 1. The molecule has 5 nitrogen and oxygen atoms in total. The Balaban J connectivity index is 1.71. The first-order valence-electron chi connectivity index (χ1n) is 10.5. The third kappa shape index (κ3) is 4.31. The Labute approximate surface area is 180 Å². The highest BCUT2D eigenvalue weighted by molar-refractivity contribution is 5.80. The smallest absolute Gasteiger partial charge is 0.226 e. The number of carbonyl (C=O) groups is 1. The Bertz CT molecular complexity index is 1070. The van der Waals surface area contributed by atoms with Crippen molar-refractivity contribution >= 4 is 17.4 Å². The van der Waals surface area contributed by atoms with Crippen LogP contribution < -0.4 is 5.32 Å². The average Bonchev–Trinajstić information content (AvgIpc) is 3.12. The van der Waals surface area contributed by atoms with E-state index in [9.17, 15) is 13.6 Å². The molecule has 31 heavy (non-hydrogen) atoms. The number of amides is 1. The van der Waals surface area contributed by atoms with E-state index in [2.05, 4.69) is 5.32 Å². The zero-order valence-corrected chi connectivity index (χ0v) is 17.9. The summed E-state index contributed by atoms with van der Waals surface area (Å²) in [7, 11) is 0. The molecule has 1 aliphatic rings. The van der Waals surface area contributed by atoms with Gasteiger partial charge in [0.15, 0.2) is 0 Å². The average molecular weight is 424 g/mol.